The molecule has 0 N–H and O–H groups in total. The van der Waals surface area contributed by atoms with Crippen LogP contribution in [0.1, 0.15) is 0 Å². The summed E-state index contributed by atoms with van der Waals surface area (Å²) in [5.41, 5.74) is 0. The Kier molecular flexibility index (Phi) is 3.04. The van der Waals surface area contributed by atoms with E-state index >= 15 is 0 Å². The third kappa shape index (κ3) is 1.99. The first-order valence-corrected chi connectivity index (χ1v) is 3.31. The zero-order valence-corrected chi connectivity index (χ0v) is 4.46. The quantitative estimate of drug-likeness (QED) is 0.343. The lowest BCUT2D eigenvalue weighted by Crippen LogP contribution is -2.18. The zero-order valence-electron chi connectivity index (χ0n) is 3.46. The Morgan fingerprint density at radius 3 is 1.14 bits per heavy atom. The van der Waals surface area contributed by atoms with Gasteiger partial charge in [0.05, 0.1) is 0 Å². The second-order valence-corrected chi connectivity index (χ2v) is 2.56. The van der Waals surface area contributed by atoms with Gasteiger partial charge in [0, 0.05) is 0 Å². The van der Waals surface area contributed by atoms with E-state index in [9.17, 15) is 14.4 Å². The average Bonchev–Trinajstić information content (AvgIpc) is 1.72. The molecule has 0 amide bonds. The van der Waals surface area contributed by atoms with E-state index in [1.165, 1.54) is 0 Å². The first kappa shape index (κ1) is 6.23. The fourth-order valence-corrected chi connectivity index (χ4v) is 0.250. The Morgan fingerprint density at radius 2 is 1.14 bits per heavy atom. The van der Waals surface area contributed by atoms with Gasteiger partial charge in [-0.1, -0.05) is 0 Å². The Labute approximate surface area is 41.9 Å². The Hall–Kier alpha value is -0.773. The molecule has 0 fully saturated rings. The van der Waals surface area contributed by atoms with Crippen LogP contribution in [0, 0.1) is 0 Å². The van der Waals surface area contributed by atoms with Crippen molar-refractivity contribution in [3.05, 3.63) is 0 Å². The van der Waals surface area contributed by atoms with Crippen molar-refractivity contribution in [1.82, 2.24) is 0 Å². The molecular formula is C3H3O3Si. The summed E-state index contributed by atoms with van der Waals surface area (Å²) in [6.45, 7) is 0. The standard InChI is InChI=1S/C3H3O3Si/c4-1-7(2-5)3-6/h1-3H. The fraction of sp³-hybridized carbons (Fsp3) is 0. The highest BCUT2D eigenvalue weighted by Crippen LogP contribution is 1.57. The van der Waals surface area contributed by atoms with Crippen molar-refractivity contribution >= 4 is 26.5 Å². The van der Waals surface area contributed by atoms with Gasteiger partial charge in [0.25, 0.3) is 8.80 Å². The summed E-state index contributed by atoms with van der Waals surface area (Å²) in [4.78, 5) is 28.6. The second-order valence-electron chi connectivity index (χ2n) is 0.854. The van der Waals surface area contributed by atoms with E-state index in [-0.39, 0.29) is 0 Å². The average molecular weight is 115 g/mol. The van der Waals surface area contributed by atoms with E-state index in [2.05, 4.69) is 0 Å². The minimum Gasteiger partial charge on any atom is -0.308 e. The van der Waals surface area contributed by atoms with Gasteiger partial charge in [-0.25, -0.2) is 0 Å². The van der Waals surface area contributed by atoms with Gasteiger partial charge >= 0.3 is 0 Å². The minimum absolute atomic E-state index is 0.394. The summed E-state index contributed by atoms with van der Waals surface area (Å²) < 4.78 is 0. The molecule has 0 unspecified atom stereocenters. The predicted molar refractivity (Wildman–Crippen MR) is 26.0 cm³/mol. The van der Waals surface area contributed by atoms with Crippen molar-refractivity contribution < 1.29 is 14.4 Å². The molecule has 7 heavy (non-hydrogen) atoms. The number of rotatable bonds is 3. The molecule has 0 saturated heterocycles. The van der Waals surface area contributed by atoms with Gasteiger partial charge in [-0.2, -0.15) is 0 Å². The number of hydrogen-bond acceptors (Lipinski definition) is 3. The molecule has 0 aliphatic rings. The molecule has 0 aliphatic carbocycles. The monoisotopic (exact) mass is 115 g/mol. The lowest BCUT2D eigenvalue weighted by Gasteiger charge is -1.73. The van der Waals surface area contributed by atoms with Crippen LogP contribution in [0.2, 0.25) is 0 Å². The zero-order chi connectivity index (χ0) is 5.70. The maximum absolute atomic E-state index is 9.55. The largest absolute Gasteiger partial charge is 0.308 e. The second kappa shape index (κ2) is 3.42. The van der Waals surface area contributed by atoms with Gasteiger partial charge in [0.15, 0.2) is 0 Å². The first-order valence-electron chi connectivity index (χ1n) is 1.57. The van der Waals surface area contributed by atoms with Crippen LogP contribution in [0.3, 0.4) is 0 Å². The minimum atomic E-state index is -1.90. The molecule has 37 valence electrons. The molecule has 0 aromatic carbocycles. The van der Waals surface area contributed by atoms with Crippen LogP contribution < -0.4 is 0 Å². The fourth-order valence-electron chi connectivity index (χ4n) is 0.0833. The van der Waals surface area contributed by atoms with Gasteiger partial charge in [0.1, 0.15) is 17.7 Å². The molecule has 0 spiro atoms. The number of carbonyl (C=O) groups excluding carboxylic acids is 3. The molecule has 0 aliphatic heterocycles. The van der Waals surface area contributed by atoms with Crippen LogP contribution in [-0.4, -0.2) is 26.5 Å². The molecule has 3 nitrogen and oxygen atoms in total. The van der Waals surface area contributed by atoms with Gasteiger partial charge < -0.3 is 14.4 Å². The Balaban J connectivity index is 3.57. The van der Waals surface area contributed by atoms with E-state index in [0.29, 0.717) is 17.7 Å². The molecule has 4 heteroatoms. The summed E-state index contributed by atoms with van der Waals surface area (Å²) in [5, 5.41) is 0. The van der Waals surface area contributed by atoms with E-state index in [4.69, 9.17) is 0 Å². The van der Waals surface area contributed by atoms with Crippen LogP contribution in [0.15, 0.2) is 0 Å². The van der Waals surface area contributed by atoms with Crippen molar-refractivity contribution in [2.24, 2.45) is 0 Å². The van der Waals surface area contributed by atoms with Gasteiger partial charge in [-0.05, 0) is 0 Å². The Morgan fingerprint density at radius 1 is 0.857 bits per heavy atom. The summed E-state index contributed by atoms with van der Waals surface area (Å²) >= 11 is 0. The smallest absolute Gasteiger partial charge is 0.282 e. The predicted octanol–water partition coefficient (Wildman–Crippen LogP) is -1.20. The number of carbonyl (C=O) groups is 3. The van der Waals surface area contributed by atoms with Crippen molar-refractivity contribution in [1.29, 1.82) is 0 Å². The molecule has 0 bridgehead atoms. The lowest BCUT2D eigenvalue weighted by molar-refractivity contribution is 0.559. The molecule has 0 aromatic heterocycles. The highest BCUT2D eigenvalue weighted by Gasteiger charge is 2.04. The van der Waals surface area contributed by atoms with Gasteiger partial charge in [-0.3, -0.25) is 0 Å². The van der Waals surface area contributed by atoms with Crippen LogP contribution in [0.5, 0.6) is 0 Å². The van der Waals surface area contributed by atoms with E-state index in [1.807, 2.05) is 0 Å². The number of hydrogen-bond donors (Lipinski definition) is 0. The maximum atomic E-state index is 9.55. The van der Waals surface area contributed by atoms with E-state index in [1.54, 1.807) is 0 Å². The SMILES string of the molecule is O=C[Si](C=O)C=O. The van der Waals surface area contributed by atoms with Crippen LogP contribution in [0.25, 0.3) is 0 Å². The summed E-state index contributed by atoms with van der Waals surface area (Å²) in [6.07, 6.45) is 0. The molecule has 0 heterocycles. The summed E-state index contributed by atoms with van der Waals surface area (Å²) in [7, 11) is -1.90. The first-order chi connectivity index (χ1) is 3.35. The normalized spacial score (nSPS) is 8.14. The third-order valence-electron chi connectivity index (χ3n) is 0.408. The maximum Gasteiger partial charge on any atom is 0.282 e. The third-order valence-corrected chi connectivity index (χ3v) is 1.22. The lowest BCUT2D eigenvalue weighted by atomic mass is 11.7. The molecule has 1 radical (unpaired) electrons. The van der Waals surface area contributed by atoms with Gasteiger partial charge in [-0.15, -0.1) is 0 Å². The summed E-state index contributed by atoms with van der Waals surface area (Å²) in [6, 6.07) is 0. The van der Waals surface area contributed by atoms with Crippen molar-refractivity contribution in [3.63, 3.8) is 0 Å². The van der Waals surface area contributed by atoms with Crippen LogP contribution >= 0.6 is 0 Å². The topological polar surface area (TPSA) is 51.2 Å². The molecule has 0 rings (SSSR count). The van der Waals surface area contributed by atoms with E-state index < -0.39 is 8.80 Å². The molecular weight excluding hydrogens is 112 g/mol. The van der Waals surface area contributed by atoms with E-state index in [0.717, 1.165) is 0 Å². The highest BCUT2D eigenvalue weighted by atomic mass is 28.3. The molecule has 0 saturated carbocycles. The van der Waals surface area contributed by atoms with Crippen LogP contribution in [0.4, 0.5) is 0 Å². The molecule has 0 atom stereocenters. The van der Waals surface area contributed by atoms with Gasteiger partial charge in [0.2, 0.25) is 0 Å². The highest BCUT2D eigenvalue weighted by molar-refractivity contribution is 7.18. The molecule has 0 aromatic rings. The van der Waals surface area contributed by atoms with Crippen molar-refractivity contribution in [2.45, 2.75) is 0 Å². The van der Waals surface area contributed by atoms with Crippen molar-refractivity contribution in [2.75, 3.05) is 0 Å². The van der Waals surface area contributed by atoms with Crippen LogP contribution in [-0.2, 0) is 14.4 Å². The van der Waals surface area contributed by atoms with Crippen molar-refractivity contribution in [3.8, 4) is 0 Å². The Bertz CT molecular complexity index is 71.2. The summed E-state index contributed by atoms with van der Waals surface area (Å²) in [5.74, 6) is 1.18.